The molecule has 2 heterocycles. The number of likely N-dealkylation sites (N-methyl/N-ethyl adjacent to an activating group) is 1. The van der Waals surface area contributed by atoms with Crippen molar-refractivity contribution in [2.75, 3.05) is 27.2 Å². The standard InChI is InChI=1S/C14H22FN3O2/c1-16-13(20)14(15)5-7-18(8-6-14)12(19)11-10(17(11)2)9-3-4-9/h9-11H,3-8H2,1-2H3,(H,16,20). The van der Waals surface area contributed by atoms with Crippen molar-refractivity contribution in [3.05, 3.63) is 0 Å². The number of carbonyl (C=O) groups excluding carboxylic acids is 2. The highest BCUT2D eigenvalue weighted by Gasteiger charge is 2.58. The van der Waals surface area contributed by atoms with Gasteiger partial charge in [0, 0.05) is 39.0 Å². The number of carbonyl (C=O) groups is 2. The second-order valence-electron chi connectivity index (χ2n) is 6.31. The summed E-state index contributed by atoms with van der Waals surface area (Å²) in [4.78, 5) is 27.8. The number of amides is 2. The Bertz CT molecular complexity index is 430. The first-order valence-electron chi connectivity index (χ1n) is 7.40. The number of piperidine rings is 1. The molecule has 1 saturated carbocycles. The molecule has 112 valence electrons. The number of likely N-dealkylation sites (tertiary alicyclic amines) is 1. The average Bonchev–Trinajstić information content (AvgIpc) is 3.33. The van der Waals surface area contributed by atoms with E-state index in [4.69, 9.17) is 0 Å². The van der Waals surface area contributed by atoms with Crippen molar-refractivity contribution in [2.24, 2.45) is 5.92 Å². The summed E-state index contributed by atoms with van der Waals surface area (Å²) in [7, 11) is 3.43. The zero-order valence-corrected chi connectivity index (χ0v) is 12.1. The molecule has 1 aliphatic carbocycles. The van der Waals surface area contributed by atoms with Crippen molar-refractivity contribution < 1.29 is 14.0 Å². The second-order valence-corrected chi connectivity index (χ2v) is 6.31. The van der Waals surface area contributed by atoms with Crippen molar-refractivity contribution >= 4 is 11.8 Å². The predicted molar refractivity (Wildman–Crippen MR) is 71.8 cm³/mol. The van der Waals surface area contributed by atoms with Crippen LogP contribution in [0.4, 0.5) is 4.39 Å². The molecule has 0 bridgehead atoms. The summed E-state index contributed by atoms with van der Waals surface area (Å²) in [5.74, 6) is 0.234. The fraction of sp³-hybridized carbons (Fsp3) is 0.857. The smallest absolute Gasteiger partial charge is 0.257 e. The molecule has 2 saturated heterocycles. The van der Waals surface area contributed by atoms with Gasteiger partial charge in [-0.3, -0.25) is 14.5 Å². The molecule has 0 aromatic heterocycles. The van der Waals surface area contributed by atoms with Crippen LogP contribution < -0.4 is 5.32 Å². The molecule has 20 heavy (non-hydrogen) atoms. The maximum atomic E-state index is 14.4. The number of nitrogens with zero attached hydrogens (tertiary/aromatic N) is 2. The number of hydrogen-bond donors (Lipinski definition) is 1. The molecular weight excluding hydrogens is 261 g/mol. The molecular formula is C14H22FN3O2. The largest absolute Gasteiger partial charge is 0.356 e. The van der Waals surface area contributed by atoms with Gasteiger partial charge in [-0.2, -0.15) is 0 Å². The van der Waals surface area contributed by atoms with Crippen LogP contribution in [0.5, 0.6) is 0 Å². The third kappa shape index (κ3) is 2.20. The minimum atomic E-state index is -1.81. The second kappa shape index (κ2) is 4.69. The Morgan fingerprint density at radius 1 is 1.25 bits per heavy atom. The van der Waals surface area contributed by atoms with Crippen LogP contribution in [0.2, 0.25) is 0 Å². The summed E-state index contributed by atoms with van der Waals surface area (Å²) in [6, 6.07) is 0.396. The van der Waals surface area contributed by atoms with Crippen molar-refractivity contribution in [3.8, 4) is 0 Å². The van der Waals surface area contributed by atoms with Gasteiger partial charge in [-0.25, -0.2) is 4.39 Å². The number of hydrogen-bond acceptors (Lipinski definition) is 3. The highest BCUT2D eigenvalue weighted by atomic mass is 19.1. The van der Waals surface area contributed by atoms with Crippen LogP contribution >= 0.6 is 0 Å². The van der Waals surface area contributed by atoms with Crippen molar-refractivity contribution in [1.29, 1.82) is 0 Å². The van der Waals surface area contributed by atoms with Gasteiger partial charge in [-0.05, 0) is 25.8 Å². The van der Waals surface area contributed by atoms with E-state index in [9.17, 15) is 14.0 Å². The third-order valence-corrected chi connectivity index (χ3v) is 5.00. The lowest BCUT2D eigenvalue weighted by Gasteiger charge is -2.35. The first kappa shape index (κ1) is 13.8. The van der Waals surface area contributed by atoms with Gasteiger partial charge < -0.3 is 10.2 Å². The molecule has 2 aliphatic heterocycles. The Morgan fingerprint density at radius 2 is 1.85 bits per heavy atom. The van der Waals surface area contributed by atoms with Gasteiger partial charge in [-0.1, -0.05) is 0 Å². The first-order valence-corrected chi connectivity index (χ1v) is 7.40. The van der Waals surface area contributed by atoms with E-state index in [2.05, 4.69) is 10.2 Å². The lowest BCUT2D eigenvalue weighted by Crippen LogP contribution is -2.52. The van der Waals surface area contributed by atoms with Gasteiger partial charge in [0.25, 0.3) is 5.91 Å². The van der Waals surface area contributed by atoms with Crippen LogP contribution in [0.1, 0.15) is 25.7 Å². The molecule has 3 fully saturated rings. The van der Waals surface area contributed by atoms with Crippen LogP contribution in [-0.4, -0.2) is 66.6 Å². The maximum Gasteiger partial charge on any atom is 0.257 e. The summed E-state index contributed by atoms with van der Waals surface area (Å²) in [5, 5.41) is 2.37. The lowest BCUT2D eigenvalue weighted by atomic mass is 9.92. The molecule has 6 heteroatoms. The normalized spacial score (nSPS) is 35.5. The van der Waals surface area contributed by atoms with E-state index >= 15 is 0 Å². The van der Waals surface area contributed by atoms with E-state index in [0.29, 0.717) is 25.0 Å². The van der Waals surface area contributed by atoms with E-state index in [-0.39, 0.29) is 24.8 Å². The van der Waals surface area contributed by atoms with Crippen molar-refractivity contribution in [3.63, 3.8) is 0 Å². The fourth-order valence-electron chi connectivity index (χ4n) is 3.43. The van der Waals surface area contributed by atoms with Gasteiger partial charge in [0.15, 0.2) is 5.67 Å². The molecule has 3 unspecified atom stereocenters. The summed E-state index contributed by atoms with van der Waals surface area (Å²) >= 11 is 0. The minimum Gasteiger partial charge on any atom is -0.356 e. The van der Waals surface area contributed by atoms with Gasteiger partial charge in [-0.15, -0.1) is 0 Å². The average molecular weight is 283 g/mol. The minimum absolute atomic E-state index is 0.00499. The number of nitrogens with one attached hydrogen (secondary N) is 1. The van der Waals surface area contributed by atoms with Crippen LogP contribution in [-0.2, 0) is 9.59 Å². The van der Waals surface area contributed by atoms with Crippen LogP contribution in [0.3, 0.4) is 0 Å². The van der Waals surface area contributed by atoms with Crippen molar-refractivity contribution in [2.45, 2.75) is 43.4 Å². The van der Waals surface area contributed by atoms with E-state index in [1.165, 1.54) is 19.9 Å². The Labute approximate surface area is 118 Å². The van der Waals surface area contributed by atoms with Crippen molar-refractivity contribution in [1.82, 2.24) is 15.1 Å². The number of rotatable bonds is 3. The zero-order chi connectivity index (χ0) is 14.5. The number of alkyl halides is 1. The molecule has 0 aromatic rings. The zero-order valence-electron chi connectivity index (χ0n) is 12.1. The Balaban J connectivity index is 1.56. The SMILES string of the molecule is CNC(=O)C1(F)CCN(C(=O)C2C(C3CC3)N2C)CC1. The first-order chi connectivity index (χ1) is 9.48. The van der Waals surface area contributed by atoms with Crippen LogP contribution in [0, 0.1) is 5.92 Å². The monoisotopic (exact) mass is 283 g/mol. The predicted octanol–water partition coefficient (Wildman–Crippen LogP) is 0.156. The van der Waals surface area contributed by atoms with Gasteiger partial charge >= 0.3 is 0 Å². The summed E-state index contributed by atoms with van der Waals surface area (Å²) < 4.78 is 14.4. The molecule has 3 atom stereocenters. The Hall–Kier alpha value is -1.17. The maximum absolute atomic E-state index is 14.4. The molecule has 3 rings (SSSR count). The topological polar surface area (TPSA) is 52.4 Å². The van der Waals surface area contributed by atoms with E-state index in [0.717, 1.165) is 0 Å². The highest BCUT2D eigenvalue weighted by Crippen LogP contribution is 2.46. The van der Waals surface area contributed by atoms with E-state index in [1.54, 1.807) is 4.90 Å². The summed E-state index contributed by atoms with van der Waals surface area (Å²) in [6.07, 6.45) is 2.65. The number of halogens is 1. The van der Waals surface area contributed by atoms with Gasteiger partial charge in [0.2, 0.25) is 5.91 Å². The summed E-state index contributed by atoms with van der Waals surface area (Å²) in [6.45, 7) is 0.676. The fourth-order valence-corrected chi connectivity index (χ4v) is 3.43. The van der Waals surface area contributed by atoms with E-state index in [1.807, 2.05) is 7.05 Å². The molecule has 0 aromatic carbocycles. The molecule has 2 amide bonds. The Morgan fingerprint density at radius 3 is 2.35 bits per heavy atom. The van der Waals surface area contributed by atoms with E-state index < -0.39 is 11.6 Å². The van der Waals surface area contributed by atoms with Crippen LogP contribution in [0.15, 0.2) is 0 Å². The molecule has 1 N–H and O–H groups in total. The molecule has 3 aliphatic rings. The lowest BCUT2D eigenvalue weighted by molar-refractivity contribution is -0.141. The molecule has 5 nitrogen and oxygen atoms in total. The quantitative estimate of drug-likeness (QED) is 0.751. The Kier molecular flexibility index (Phi) is 3.23. The molecule has 0 spiro atoms. The third-order valence-electron chi connectivity index (χ3n) is 5.00. The summed E-state index contributed by atoms with van der Waals surface area (Å²) in [5.41, 5.74) is -1.81. The highest BCUT2D eigenvalue weighted by molar-refractivity contribution is 5.88. The van der Waals surface area contributed by atoms with Gasteiger partial charge in [0.05, 0.1) is 0 Å². The van der Waals surface area contributed by atoms with Gasteiger partial charge in [0.1, 0.15) is 6.04 Å². The van der Waals surface area contributed by atoms with Crippen LogP contribution in [0.25, 0.3) is 0 Å². The molecule has 0 radical (unpaired) electrons.